The lowest BCUT2D eigenvalue weighted by Gasteiger charge is -2.48. The molecule has 2 unspecified atom stereocenters. The topological polar surface area (TPSA) is 41.3 Å². The third-order valence-corrected chi connectivity index (χ3v) is 4.96. The molecule has 0 radical (unpaired) electrons. The van der Waals surface area contributed by atoms with Crippen LogP contribution in [0, 0.1) is 6.92 Å². The molecule has 1 aromatic rings. The lowest BCUT2D eigenvalue weighted by Crippen LogP contribution is -2.57. The normalized spacial score (nSPS) is 21.4. The van der Waals surface area contributed by atoms with Gasteiger partial charge in [0.15, 0.2) is 0 Å². The first-order valence-corrected chi connectivity index (χ1v) is 7.89. The van der Waals surface area contributed by atoms with Crippen LogP contribution in [0.5, 0.6) is 0 Å². The maximum atomic E-state index is 5.95. The number of likely N-dealkylation sites (tertiary alicyclic amines) is 1. The van der Waals surface area contributed by atoms with E-state index in [1.807, 2.05) is 0 Å². The van der Waals surface area contributed by atoms with Gasteiger partial charge in [-0.25, -0.2) is 0 Å². The van der Waals surface area contributed by atoms with Gasteiger partial charge in [-0.1, -0.05) is 43.2 Å². The van der Waals surface area contributed by atoms with Crippen LogP contribution < -0.4 is 11.3 Å². The molecule has 2 atom stereocenters. The number of hydrogen-bond acceptors (Lipinski definition) is 3. The van der Waals surface area contributed by atoms with Gasteiger partial charge in [-0.3, -0.25) is 16.2 Å². The lowest BCUT2D eigenvalue weighted by molar-refractivity contribution is 0.0424. The second-order valence-electron chi connectivity index (χ2n) is 6.27. The molecule has 0 spiro atoms. The number of hydrazine groups is 1. The smallest absolute Gasteiger partial charge is 0.0641 e. The van der Waals surface area contributed by atoms with Crippen molar-refractivity contribution in [2.45, 2.75) is 58.0 Å². The van der Waals surface area contributed by atoms with E-state index in [9.17, 15) is 0 Å². The van der Waals surface area contributed by atoms with Crippen molar-refractivity contribution < 1.29 is 0 Å². The SMILES string of the molecule is CCC(C)(C(NN)c1cccc(C)c1)N1CCCCC1. The Hall–Kier alpha value is -0.900. The number of rotatable bonds is 5. The summed E-state index contributed by atoms with van der Waals surface area (Å²) in [5.74, 6) is 5.95. The lowest BCUT2D eigenvalue weighted by atomic mass is 9.82. The van der Waals surface area contributed by atoms with Gasteiger partial charge in [0.2, 0.25) is 0 Å². The van der Waals surface area contributed by atoms with Crippen LogP contribution in [-0.4, -0.2) is 23.5 Å². The Morgan fingerprint density at radius 3 is 2.55 bits per heavy atom. The summed E-state index contributed by atoms with van der Waals surface area (Å²) in [4.78, 5) is 2.63. The van der Waals surface area contributed by atoms with E-state index in [0.717, 1.165) is 6.42 Å². The largest absolute Gasteiger partial charge is 0.296 e. The third kappa shape index (κ3) is 3.05. The van der Waals surface area contributed by atoms with Crippen LogP contribution in [0.4, 0.5) is 0 Å². The molecule has 3 nitrogen and oxygen atoms in total. The fourth-order valence-corrected chi connectivity index (χ4v) is 3.50. The van der Waals surface area contributed by atoms with Crippen molar-refractivity contribution >= 4 is 0 Å². The van der Waals surface area contributed by atoms with Crippen molar-refractivity contribution in [3.05, 3.63) is 35.4 Å². The minimum atomic E-state index is 0.0724. The minimum absolute atomic E-state index is 0.0724. The summed E-state index contributed by atoms with van der Waals surface area (Å²) >= 11 is 0. The van der Waals surface area contributed by atoms with Gasteiger partial charge < -0.3 is 0 Å². The van der Waals surface area contributed by atoms with Gasteiger partial charge in [-0.05, 0) is 51.8 Å². The molecule has 0 amide bonds. The second kappa shape index (κ2) is 6.70. The Labute approximate surface area is 123 Å². The number of nitrogens with one attached hydrogen (secondary N) is 1. The molecule has 0 saturated carbocycles. The molecule has 20 heavy (non-hydrogen) atoms. The van der Waals surface area contributed by atoms with Crippen LogP contribution >= 0.6 is 0 Å². The van der Waals surface area contributed by atoms with Gasteiger partial charge in [-0.15, -0.1) is 0 Å². The minimum Gasteiger partial charge on any atom is -0.296 e. The molecule has 1 aliphatic rings. The van der Waals surface area contributed by atoms with Gasteiger partial charge in [0, 0.05) is 5.54 Å². The van der Waals surface area contributed by atoms with Crippen LogP contribution in [0.15, 0.2) is 24.3 Å². The van der Waals surface area contributed by atoms with Crippen molar-refractivity contribution in [3.63, 3.8) is 0 Å². The number of nitrogens with two attached hydrogens (primary N) is 1. The highest BCUT2D eigenvalue weighted by atomic mass is 15.3. The van der Waals surface area contributed by atoms with Crippen molar-refractivity contribution in [2.24, 2.45) is 5.84 Å². The van der Waals surface area contributed by atoms with Crippen LogP contribution in [-0.2, 0) is 0 Å². The molecule has 1 heterocycles. The number of hydrogen-bond donors (Lipinski definition) is 2. The van der Waals surface area contributed by atoms with Crippen LogP contribution in [0.1, 0.15) is 56.7 Å². The molecular formula is C17H29N3. The van der Waals surface area contributed by atoms with Crippen molar-refractivity contribution in [3.8, 4) is 0 Å². The summed E-state index contributed by atoms with van der Waals surface area (Å²) in [6.07, 6.45) is 5.07. The van der Waals surface area contributed by atoms with E-state index in [2.05, 4.69) is 55.4 Å². The Morgan fingerprint density at radius 1 is 1.30 bits per heavy atom. The van der Waals surface area contributed by atoms with Gasteiger partial charge in [-0.2, -0.15) is 0 Å². The Balaban J connectivity index is 2.30. The summed E-state index contributed by atoms with van der Waals surface area (Å²) < 4.78 is 0. The molecule has 0 aromatic heterocycles. The molecule has 2 rings (SSSR count). The fraction of sp³-hybridized carbons (Fsp3) is 0.647. The molecular weight excluding hydrogens is 246 g/mol. The molecule has 0 bridgehead atoms. The molecule has 0 aliphatic carbocycles. The Kier molecular flexibility index (Phi) is 5.19. The predicted octanol–water partition coefficient (Wildman–Crippen LogP) is 3.15. The zero-order chi connectivity index (χ0) is 14.6. The van der Waals surface area contributed by atoms with E-state index in [4.69, 9.17) is 5.84 Å². The number of benzene rings is 1. The average Bonchev–Trinajstić information content (AvgIpc) is 2.48. The summed E-state index contributed by atoms with van der Waals surface area (Å²) in [5.41, 5.74) is 5.75. The quantitative estimate of drug-likeness (QED) is 0.640. The molecule has 1 saturated heterocycles. The Morgan fingerprint density at radius 2 is 2.00 bits per heavy atom. The van der Waals surface area contributed by atoms with E-state index in [-0.39, 0.29) is 11.6 Å². The summed E-state index contributed by atoms with van der Waals surface area (Å²) in [7, 11) is 0. The van der Waals surface area contributed by atoms with Crippen LogP contribution in [0.2, 0.25) is 0 Å². The Bertz CT molecular complexity index is 426. The van der Waals surface area contributed by atoms with E-state index in [0.29, 0.717) is 0 Å². The van der Waals surface area contributed by atoms with Crippen molar-refractivity contribution in [2.75, 3.05) is 13.1 Å². The molecule has 112 valence electrons. The first-order chi connectivity index (χ1) is 9.61. The van der Waals surface area contributed by atoms with Crippen molar-refractivity contribution in [1.82, 2.24) is 10.3 Å². The molecule has 3 heteroatoms. The van der Waals surface area contributed by atoms with Crippen molar-refractivity contribution in [1.29, 1.82) is 0 Å². The second-order valence-corrected chi connectivity index (χ2v) is 6.27. The predicted molar refractivity (Wildman–Crippen MR) is 85.4 cm³/mol. The first-order valence-electron chi connectivity index (χ1n) is 7.89. The maximum absolute atomic E-state index is 5.95. The van der Waals surface area contributed by atoms with Crippen LogP contribution in [0.25, 0.3) is 0 Å². The van der Waals surface area contributed by atoms with Gasteiger partial charge in [0.1, 0.15) is 0 Å². The zero-order valence-electron chi connectivity index (χ0n) is 13.2. The summed E-state index contributed by atoms with van der Waals surface area (Å²) in [5, 5.41) is 0. The van der Waals surface area contributed by atoms with Gasteiger partial charge in [0.05, 0.1) is 6.04 Å². The molecule has 1 fully saturated rings. The first kappa shape index (κ1) is 15.5. The fourth-order valence-electron chi connectivity index (χ4n) is 3.50. The molecule has 1 aromatic carbocycles. The molecule has 3 N–H and O–H groups in total. The number of aryl methyl sites for hydroxylation is 1. The summed E-state index contributed by atoms with van der Waals surface area (Å²) in [6.45, 7) is 9.14. The number of piperidine rings is 1. The van der Waals surface area contributed by atoms with E-state index >= 15 is 0 Å². The van der Waals surface area contributed by atoms with E-state index in [1.54, 1.807) is 0 Å². The van der Waals surface area contributed by atoms with E-state index in [1.165, 1.54) is 43.5 Å². The zero-order valence-corrected chi connectivity index (χ0v) is 13.2. The van der Waals surface area contributed by atoms with Gasteiger partial charge >= 0.3 is 0 Å². The average molecular weight is 275 g/mol. The number of nitrogens with zero attached hydrogens (tertiary/aromatic N) is 1. The highest BCUT2D eigenvalue weighted by molar-refractivity contribution is 5.28. The molecule has 1 aliphatic heterocycles. The third-order valence-electron chi connectivity index (χ3n) is 4.96. The van der Waals surface area contributed by atoms with E-state index < -0.39 is 0 Å². The van der Waals surface area contributed by atoms with Crippen LogP contribution in [0.3, 0.4) is 0 Å². The highest BCUT2D eigenvalue weighted by Gasteiger charge is 2.39. The monoisotopic (exact) mass is 275 g/mol. The van der Waals surface area contributed by atoms with Gasteiger partial charge in [0.25, 0.3) is 0 Å². The highest BCUT2D eigenvalue weighted by Crippen LogP contribution is 2.35. The maximum Gasteiger partial charge on any atom is 0.0641 e. The summed E-state index contributed by atoms with van der Waals surface area (Å²) in [6, 6.07) is 8.88. The standard InChI is InChI=1S/C17H29N3/c1-4-17(3,20-11-6-5-7-12-20)16(19-18)15-10-8-9-14(2)13-15/h8-10,13,16,19H,4-7,11-12,18H2,1-3H3.